The summed E-state index contributed by atoms with van der Waals surface area (Å²) in [5.74, 6) is 1.60. The van der Waals surface area contributed by atoms with Crippen LogP contribution in [0.3, 0.4) is 0 Å². The van der Waals surface area contributed by atoms with Crippen LogP contribution in [0.25, 0.3) is 22.0 Å². The summed E-state index contributed by atoms with van der Waals surface area (Å²) in [7, 11) is 0. The summed E-state index contributed by atoms with van der Waals surface area (Å²) in [6, 6.07) is 7.32. The Kier molecular flexibility index (Phi) is 4.94. The second-order valence-corrected chi connectivity index (χ2v) is 8.06. The highest BCUT2D eigenvalue weighted by molar-refractivity contribution is 5.93. The molecule has 3 aromatic heterocycles. The molecule has 1 atom stereocenters. The van der Waals surface area contributed by atoms with Gasteiger partial charge < -0.3 is 11.1 Å². The Morgan fingerprint density at radius 2 is 1.94 bits per heavy atom. The molecule has 1 saturated carbocycles. The zero-order chi connectivity index (χ0) is 23.1. The van der Waals surface area contributed by atoms with Gasteiger partial charge in [-0.3, -0.25) is 9.36 Å². The molecule has 0 saturated heterocycles. The number of nitriles is 1. The molecule has 3 N–H and O–H groups in total. The Morgan fingerprint density at radius 3 is 2.64 bits per heavy atom. The molecule has 1 aliphatic carbocycles. The van der Waals surface area contributed by atoms with E-state index in [1.165, 1.54) is 6.20 Å². The highest BCUT2D eigenvalue weighted by atomic mass is 16.1. The summed E-state index contributed by atoms with van der Waals surface area (Å²) in [4.78, 5) is 35.2. The van der Waals surface area contributed by atoms with E-state index in [9.17, 15) is 10.1 Å². The fourth-order valence-corrected chi connectivity index (χ4v) is 3.88. The molecule has 33 heavy (non-hydrogen) atoms. The largest absolute Gasteiger partial charge is 0.368 e. The van der Waals surface area contributed by atoms with Crippen molar-refractivity contribution in [2.45, 2.75) is 38.8 Å². The summed E-state index contributed by atoms with van der Waals surface area (Å²) in [6.07, 6.45) is 6.63. The van der Waals surface area contributed by atoms with E-state index in [0.717, 1.165) is 24.0 Å². The fourth-order valence-electron chi connectivity index (χ4n) is 3.88. The maximum atomic E-state index is 13.8. The minimum absolute atomic E-state index is 0.0553. The molecule has 0 bridgehead atoms. The van der Waals surface area contributed by atoms with Crippen LogP contribution in [0.1, 0.15) is 49.1 Å². The van der Waals surface area contributed by atoms with Crippen molar-refractivity contribution in [1.82, 2.24) is 29.5 Å². The molecule has 1 aromatic carbocycles. The summed E-state index contributed by atoms with van der Waals surface area (Å²) < 4.78 is 1.76. The predicted octanol–water partition coefficient (Wildman–Crippen LogP) is 2.91. The highest BCUT2D eigenvalue weighted by Gasteiger charge is 2.31. The van der Waals surface area contributed by atoms with Crippen LogP contribution in [-0.4, -0.2) is 29.5 Å². The smallest absolute Gasteiger partial charge is 0.262 e. The molecule has 0 spiro atoms. The van der Waals surface area contributed by atoms with E-state index in [4.69, 9.17) is 10.7 Å². The number of fused-ring (bicyclic) bond motifs is 1. The lowest BCUT2D eigenvalue weighted by molar-refractivity contribution is 0.609. The van der Waals surface area contributed by atoms with Crippen LogP contribution in [0.15, 0.2) is 41.6 Å². The number of aromatic nitrogens is 6. The van der Waals surface area contributed by atoms with E-state index in [1.807, 2.05) is 32.0 Å². The van der Waals surface area contributed by atoms with Gasteiger partial charge in [-0.15, -0.1) is 0 Å². The van der Waals surface area contributed by atoms with Gasteiger partial charge >= 0.3 is 0 Å². The molecule has 3 heterocycles. The Labute approximate surface area is 189 Å². The number of nitrogens with zero attached hydrogens (tertiary/aromatic N) is 7. The SMILES string of the molecule is Cc1ncc(-c2cccc3nc([C@H](C)Nc4nc(N)ncc4C#N)n(C4CC4)c(=O)c23)cn1. The molecule has 4 aromatic rings. The van der Waals surface area contributed by atoms with Crippen molar-refractivity contribution in [3.63, 3.8) is 0 Å². The quantitative estimate of drug-likeness (QED) is 0.478. The number of benzene rings is 1. The number of nitrogen functional groups attached to an aromatic ring is 1. The van der Waals surface area contributed by atoms with Crippen LogP contribution in [0.5, 0.6) is 0 Å². The molecule has 1 fully saturated rings. The summed E-state index contributed by atoms with van der Waals surface area (Å²) in [6.45, 7) is 3.70. The highest BCUT2D eigenvalue weighted by Crippen LogP contribution is 2.37. The van der Waals surface area contributed by atoms with Crippen molar-refractivity contribution >= 4 is 22.7 Å². The standard InChI is InChI=1S/C23H21N9O/c1-12(29-20-14(8-24)9-28-23(25)31-20)21-30-18-5-3-4-17(15-10-26-13(2)27-11-15)19(18)22(33)32(21)16-6-7-16/h3-5,9-12,16H,6-7H2,1-2H3,(H3,25,28,29,31)/t12-/m0/s1. The van der Waals surface area contributed by atoms with Gasteiger partial charge in [0.15, 0.2) is 0 Å². The minimum Gasteiger partial charge on any atom is -0.368 e. The average Bonchev–Trinajstić information content (AvgIpc) is 3.64. The fraction of sp³-hybridized carbons (Fsp3) is 0.261. The van der Waals surface area contributed by atoms with Crippen molar-refractivity contribution in [1.29, 1.82) is 5.26 Å². The second-order valence-electron chi connectivity index (χ2n) is 8.06. The lowest BCUT2D eigenvalue weighted by Gasteiger charge is -2.21. The third-order valence-corrected chi connectivity index (χ3v) is 5.63. The van der Waals surface area contributed by atoms with Gasteiger partial charge in [0, 0.05) is 24.0 Å². The number of hydrogen-bond donors (Lipinski definition) is 2. The number of anilines is 2. The predicted molar refractivity (Wildman–Crippen MR) is 123 cm³/mol. The maximum Gasteiger partial charge on any atom is 0.262 e. The van der Waals surface area contributed by atoms with Crippen LogP contribution in [0, 0.1) is 18.3 Å². The van der Waals surface area contributed by atoms with E-state index in [-0.39, 0.29) is 23.1 Å². The summed E-state index contributed by atoms with van der Waals surface area (Å²) in [5, 5.41) is 13.1. The van der Waals surface area contributed by atoms with Crippen LogP contribution < -0.4 is 16.6 Å². The third-order valence-electron chi connectivity index (χ3n) is 5.63. The van der Waals surface area contributed by atoms with Crippen molar-refractivity contribution < 1.29 is 0 Å². The summed E-state index contributed by atoms with van der Waals surface area (Å²) in [5.41, 5.74) is 7.97. The minimum atomic E-state index is -0.407. The van der Waals surface area contributed by atoms with Crippen molar-refractivity contribution in [3.05, 3.63) is 64.4 Å². The molecule has 0 amide bonds. The lowest BCUT2D eigenvalue weighted by Crippen LogP contribution is -2.28. The number of aryl methyl sites for hydroxylation is 1. The van der Waals surface area contributed by atoms with Crippen LogP contribution in [0.4, 0.5) is 11.8 Å². The van der Waals surface area contributed by atoms with E-state index in [2.05, 4.69) is 31.3 Å². The van der Waals surface area contributed by atoms with Crippen LogP contribution in [-0.2, 0) is 0 Å². The normalized spacial score (nSPS) is 14.1. The molecule has 0 aliphatic heterocycles. The van der Waals surface area contributed by atoms with Crippen LogP contribution in [0.2, 0.25) is 0 Å². The molecular formula is C23H21N9O. The Bertz CT molecular complexity index is 1470. The number of rotatable bonds is 5. The lowest BCUT2D eigenvalue weighted by atomic mass is 10.0. The van der Waals surface area contributed by atoms with E-state index in [0.29, 0.717) is 28.4 Å². The molecule has 164 valence electrons. The van der Waals surface area contributed by atoms with Gasteiger partial charge in [-0.05, 0) is 38.3 Å². The van der Waals surface area contributed by atoms with Crippen LogP contribution >= 0.6 is 0 Å². The van der Waals surface area contributed by atoms with E-state index >= 15 is 0 Å². The van der Waals surface area contributed by atoms with Gasteiger partial charge in [0.1, 0.15) is 29.1 Å². The molecular weight excluding hydrogens is 418 g/mol. The number of nitrogens with two attached hydrogens (primary N) is 1. The first-order valence-electron chi connectivity index (χ1n) is 10.6. The van der Waals surface area contributed by atoms with E-state index < -0.39 is 6.04 Å². The molecule has 1 aliphatic rings. The molecule has 5 rings (SSSR count). The second kappa shape index (κ2) is 7.94. The van der Waals surface area contributed by atoms with Gasteiger partial charge in [0.25, 0.3) is 5.56 Å². The maximum absolute atomic E-state index is 13.8. The molecule has 0 radical (unpaired) electrons. The van der Waals surface area contributed by atoms with Gasteiger partial charge in [-0.25, -0.2) is 19.9 Å². The van der Waals surface area contributed by atoms with Gasteiger partial charge in [-0.1, -0.05) is 12.1 Å². The van der Waals surface area contributed by atoms with Gasteiger partial charge in [-0.2, -0.15) is 10.2 Å². The zero-order valence-corrected chi connectivity index (χ0v) is 18.1. The van der Waals surface area contributed by atoms with E-state index in [1.54, 1.807) is 17.0 Å². The first-order chi connectivity index (χ1) is 16.0. The molecule has 10 nitrogen and oxygen atoms in total. The average molecular weight is 439 g/mol. The Morgan fingerprint density at radius 1 is 1.18 bits per heavy atom. The first-order valence-corrected chi connectivity index (χ1v) is 10.6. The number of hydrogen-bond acceptors (Lipinski definition) is 9. The zero-order valence-electron chi connectivity index (χ0n) is 18.1. The molecule has 0 unspecified atom stereocenters. The Hall–Kier alpha value is -4.39. The Balaban J connectivity index is 1.66. The first kappa shape index (κ1) is 20.5. The van der Waals surface area contributed by atoms with Crippen molar-refractivity contribution in [3.8, 4) is 17.2 Å². The topological polar surface area (TPSA) is 148 Å². The molecule has 10 heteroatoms. The van der Waals surface area contributed by atoms with Gasteiger partial charge in [0.2, 0.25) is 5.95 Å². The van der Waals surface area contributed by atoms with Crippen molar-refractivity contribution in [2.75, 3.05) is 11.1 Å². The van der Waals surface area contributed by atoms with Crippen molar-refractivity contribution in [2.24, 2.45) is 0 Å². The third kappa shape index (κ3) is 3.74. The number of nitrogens with one attached hydrogen (secondary N) is 1. The monoisotopic (exact) mass is 439 g/mol. The van der Waals surface area contributed by atoms with Gasteiger partial charge in [0.05, 0.1) is 23.1 Å². The summed E-state index contributed by atoms with van der Waals surface area (Å²) >= 11 is 0.